The molecule has 2 rings (SSSR count). The average molecular weight is 311 g/mol. The number of nitrogens with zero attached hydrogens (tertiary/aromatic N) is 1. The number of urea groups is 1. The van der Waals surface area contributed by atoms with Crippen LogP contribution in [-0.4, -0.2) is 47.5 Å². The average Bonchev–Trinajstić information content (AvgIpc) is 2.58. The molecule has 3 amide bonds. The molecular formula is C13H17N3O4S. The molecule has 114 valence electrons. The van der Waals surface area contributed by atoms with Crippen LogP contribution in [0.4, 0.5) is 9.80 Å². The number of thiophene rings is 1. The Morgan fingerprint density at radius 1 is 1.38 bits per heavy atom. The topological polar surface area (TPSA) is 98.7 Å². The van der Waals surface area contributed by atoms with Crippen molar-refractivity contribution in [1.29, 1.82) is 0 Å². The van der Waals surface area contributed by atoms with Crippen LogP contribution in [-0.2, 0) is 4.79 Å². The minimum Gasteiger partial charge on any atom is -0.478 e. The molecule has 0 spiro atoms. The second-order valence-corrected chi connectivity index (χ2v) is 6.07. The standard InChI is InChI=1S/C13H17N3O4S/c1-7-8(2)21-11(10(7)12(18)19)15-13(20)16-5-3-4-14-9(17)6-16/h3-6H2,1-2H3,(H,14,17)(H,15,20)(H,18,19). The number of aryl methyl sites for hydroxylation is 1. The van der Waals surface area contributed by atoms with Crippen LogP contribution in [0.2, 0.25) is 0 Å². The van der Waals surface area contributed by atoms with Gasteiger partial charge in [-0.1, -0.05) is 0 Å². The number of aromatic carboxylic acids is 1. The predicted octanol–water partition coefficient (Wildman–Crippen LogP) is 1.42. The Labute approximate surface area is 125 Å². The fourth-order valence-corrected chi connectivity index (χ4v) is 3.17. The Morgan fingerprint density at radius 3 is 2.76 bits per heavy atom. The van der Waals surface area contributed by atoms with E-state index in [2.05, 4.69) is 10.6 Å². The van der Waals surface area contributed by atoms with Gasteiger partial charge >= 0.3 is 12.0 Å². The van der Waals surface area contributed by atoms with Crippen LogP contribution in [0, 0.1) is 13.8 Å². The first-order chi connectivity index (χ1) is 9.90. The highest BCUT2D eigenvalue weighted by Crippen LogP contribution is 2.32. The third kappa shape index (κ3) is 3.33. The van der Waals surface area contributed by atoms with Gasteiger partial charge < -0.3 is 15.3 Å². The maximum atomic E-state index is 12.2. The van der Waals surface area contributed by atoms with Crippen LogP contribution in [0.1, 0.15) is 27.2 Å². The van der Waals surface area contributed by atoms with E-state index in [1.54, 1.807) is 6.92 Å². The summed E-state index contributed by atoms with van der Waals surface area (Å²) in [5.74, 6) is -1.28. The lowest BCUT2D eigenvalue weighted by molar-refractivity contribution is -0.120. The van der Waals surface area contributed by atoms with Crippen molar-refractivity contribution in [3.63, 3.8) is 0 Å². The van der Waals surface area contributed by atoms with Crippen molar-refractivity contribution in [3.8, 4) is 0 Å². The molecule has 0 atom stereocenters. The van der Waals surface area contributed by atoms with Gasteiger partial charge in [0.05, 0.1) is 5.56 Å². The zero-order valence-corrected chi connectivity index (χ0v) is 12.7. The lowest BCUT2D eigenvalue weighted by atomic mass is 10.1. The third-order valence-corrected chi connectivity index (χ3v) is 4.49. The molecule has 8 heteroatoms. The number of hydrogen-bond acceptors (Lipinski definition) is 4. The van der Waals surface area contributed by atoms with Crippen molar-refractivity contribution in [2.45, 2.75) is 20.3 Å². The quantitative estimate of drug-likeness (QED) is 0.769. The largest absolute Gasteiger partial charge is 0.478 e. The van der Waals surface area contributed by atoms with E-state index in [0.717, 1.165) is 4.88 Å². The molecule has 1 aliphatic heterocycles. The molecule has 1 aromatic rings. The monoisotopic (exact) mass is 311 g/mol. The lowest BCUT2D eigenvalue weighted by Gasteiger charge is -2.19. The highest BCUT2D eigenvalue weighted by atomic mass is 32.1. The number of anilines is 1. The number of carbonyl (C=O) groups excluding carboxylic acids is 2. The summed E-state index contributed by atoms with van der Waals surface area (Å²) >= 11 is 1.23. The summed E-state index contributed by atoms with van der Waals surface area (Å²) in [4.78, 5) is 37.2. The van der Waals surface area contributed by atoms with Crippen LogP contribution in [0.5, 0.6) is 0 Å². The molecule has 0 aliphatic carbocycles. The van der Waals surface area contributed by atoms with Gasteiger partial charge in [0.1, 0.15) is 11.5 Å². The zero-order valence-electron chi connectivity index (χ0n) is 11.9. The van der Waals surface area contributed by atoms with Crippen LogP contribution in [0.15, 0.2) is 0 Å². The van der Waals surface area contributed by atoms with Crippen molar-refractivity contribution in [1.82, 2.24) is 10.2 Å². The molecular weight excluding hydrogens is 294 g/mol. The third-order valence-electron chi connectivity index (χ3n) is 3.37. The lowest BCUT2D eigenvalue weighted by Crippen LogP contribution is -2.40. The van der Waals surface area contributed by atoms with Gasteiger partial charge in [0, 0.05) is 18.0 Å². The van der Waals surface area contributed by atoms with E-state index >= 15 is 0 Å². The summed E-state index contributed by atoms with van der Waals surface area (Å²) in [5, 5.41) is 14.9. The maximum Gasteiger partial charge on any atom is 0.338 e. The number of amides is 3. The van der Waals surface area contributed by atoms with Crippen LogP contribution < -0.4 is 10.6 Å². The zero-order chi connectivity index (χ0) is 15.6. The van der Waals surface area contributed by atoms with Gasteiger partial charge in [-0.25, -0.2) is 9.59 Å². The van der Waals surface area contributed by atoms with Crippen LogP contribution in [0.25, 0.3) is 0 Å². The van der Waals surface area contributed by atoms with E-state index < -0.39 is 12.0 Å². The molecule has 3 N–H and O–H groups in total. The second-order valence-electron chi connectivity index (χ2n) is 4.85. The summed E-state index contributed by atoms with van der Waals surface area (Å²) in [6.07, 6.45) is 0.674. The van der Waals surface area contributed by atoms with E-state index in [1.165, 1.54) is 16.2 Å². The van der Waals surface area contributed by atoms with Crippen molar-refractivity contribution in [3.05, 3.63) is 16.0 Å². The van der Waals surface area contributed by atoms with Crippen molar-refractivity contribution in [2.75, 3.05) is 25.0 Å². The first-order valence-electron chi connectivity index (χ1n) is 6.56. The predicted molar refractivity (Wildman–Crippen MR) is 79.0 cm³/mol. The summed E-state index contributed by atoms with van der Waals surface area (Å²) in [5.41, 5.74) is 0.765. The fourth-order valence-electron chi connectivity index (χ4n) is 2.13. The van der Waals surface area contributed by atoms with Gasteiger partial charge in [0.15, 0.2) is 0 Å². The first-order valence-corrected chi connectivity index (χ1v) is 7.37. The first kappa shape index (κ1) is 15.3. The van der Waals surface area contributed by atoms with E-state index in [4.69, 9.17) is 0 Å². The smallest absolute Gasteiger partial charge is 0.338 e. The molecule has 21 heavy (non-hydrogen) atoms. The number of rotatable bonds is 2. The summed E-state index contributed by atoms with van der Waals surface area (Å²) in [6.45, 7) is 4.50. The SMILES string of the molecule is Cc1sc(NC(=O)N2CCCNC(=O)C2)c(C(=O)O)c1C. The van der Waals surface area contributed by atoms with Gasteiger partial charge in [0.25, 0.3) is 0 Å². The highest BCUT2D eigenvalue weighted by molar-refractivity contribution is 7.16. The van der Waals surface area contributed by atoms with E-state index in [-0.39, 0.29) is 18.0 Å². The number of carboxylic acids is 1. The Kier molecular flexibility index (Phi) is 4.46. The van der Waals surface area contributed by atoms with Crippen molar-refractivity contribution >= 4 is 34.2 Å². The summed E-state index contributed by atoms with van der Waals surface area (Å²) in [7, 11) is 0. The minimum atomic E-state index is -1.07. The van der Waals surface area contributed by atoms with Crippen molar-refractivity contribution < 1.29 is 19.5 Å². The minimum absolute atomic E-state index is 0.0163. The molecule has 0 radical (unpaired) electrons. The van der Waals surface area contributed by atoms with Gasteiger partial charge in [-0.2, -0.15) is 0 Å². The molecule has 0 aromatic carbocycles. The van der Waals surface area contributed by atoms with Crippen LogP contribution in [0.3, 0.4) is 0 Å². The van der Waals surface area contributed by atoms with Crippen LogP contribution >= 0.6 is 11.3 Å². The molecule has 0 bridgehead atoms. The molecule has 1 aliphatic rings. The van der Waals surface area contributed by atoms with E-state index in [0.29, 0.717) is 30.1 Å². The number of carboxylic acid groups (broad SMARTS) is 1. The molecule has 7 nitrogen and oxygen atoms in total. The molecule has 1 aromatic heterocycles. The van der Waals surface area contributed by atoms with E-state index in [9.17, 15) is 19.5 Å². The van der Waals surface area contributed by atoms with Crippen molar-refractivity contribution in [2.24, 2.45) is 0 Å². The van der Waals surface area contributed by atoms with Gasteiger partial charge in [-0.3, -0.25) is 10.1 Å². The Bertz CT molecular complexity index is 596. The second kappa shape index (κ2) is 6.13. The highest BCUT2D eigenvalue weighted by Gasteiger charge is 2.24. The van der Waals surface area contributed by atoms with Gasteiger partial charge in [-0.15, -0.1) is 11.3 Å². The molecule has 2 heterocycles. The summed E-state index contributed by atoms with van der Waals surface area (Å²) in [6, 6.07) is -0.448. The Balaban J connectivity index is 2.17. The molecule has 0 unspecified atom stereocenters. The Morgan fingerprint density at radius 2 is 2.10 bits per heavy atom. The fraction of sp³-hybridized carbons (Fsp3) is 0.462. The van der Waals surface area contributed by atoms with Gasteiger partial charge in [-0.05, 0) is 25.8 Å². The number of carbonyl (C=O) groups is 3. The van der Waals surface area contributed by atoms with E-state index in [1.807, 2.05) is 6.92 Å². The number of nitrogens with one attached hydrogen (secondary N) is 2. The molecule has 0 saturated carbocycles. The Hall–Kier alpha value is -2.09. The molecule has 1 saturated heterocycles. The summed E-state index contributed by atoms with van der Waals surface area (Å²) < 4.78 is 0. The number of hydrogen-bond donors (Lipinski definition) is 3. The maximum absolute atomic E-state index is 12.2. The van der Waals surface area contributed by atoms with Gasteiger partial charge in [0.2, 0.25) is 5.91 Å². The molecule has 1 fully saturated rings. The normalized spacial score (nSPS) is 15.3.